The predicted octanol–water partition coefficient (Wildman–Crippen LogP) is 2.50. The number of nitrogens with zero attached hydrogens (tertiary/aromatic N) is 3. The minimum atomic E-state index is -0.180. The zero-order valence-corrected chi connectivity index (χ0v) is 13.5. The fourth-order valence-corrected chi connectivity index (χ4v) is 3.21. The molecule has 2 heterocycles. The van der Waals surface area contributed by atoms with E-state index in [-0.39, 0.29) is 12.1 Å². The van der Waals surface area contributed by atoms with Gasteiger partial charge in [0.15, 0.2) is 0 Å². The van der Waals surface area contributed by atoms with E-state index in [9.17, 15) is 4.79 Å². The van der Waals surface area contributed by atoms with Gasteiger partial charge in [0, 0.05) is 17.3 Å². The van der Waals surface area contributed by atoms with Crippen molar-refractivity contribution in [2.45, 2.75) is 39.3 Å². The molecule has 1 atom stereocenters. The van der Waals surface area contributed by atoms with Gasteiger partial charge in [-0.25, -0.2) is 19.7 Å². The molecule has 22 heavy (non-hydrogen) atoms. The largest absolute Gasteiger partial charge is 0.332 e. The van der Waals surface area contributed by atoms with Crippen LogP contribution in [0.3, 0.4) is 0 Å². The molecule has 0 aromatic carbocycles. The van der Waals surface area contributed by atoms with E-state index in [2.05, 4.69) is 25.6 Å². The molecule has 0 saturated heterocycles. The Labute approximate surface area is 133 Å². The first-order valence-electron chi connectivity index (χ1n) is 7.37. The first-order chi connectivity index (χ1) is 10.6. The number of carbonyl (C=O) groups excluding carboxylic acids is 1. The van der Waals surface area contributed by atoms with Crippen LogP contribution in [0.15, 0.2) is 18.5 Å². The van der Waals surface area contributed by atoms with Crippen LogP contribution in [0.4, 0.5) is 4.79 Å². The average Bonchev–Trinajstić information content (AvgIpc) is 3.24. The summed E-state index contributed by atoms with van der Waals surface area (Å²) in [5.74, 6) is 1.21. The summed E-state index contributed by atoms with van der Waals surface area (Å²) in [6.45, 7) is 4.25. The Kier molecular flexibility index (Phi) is 4.33. The SMILES string of the molecule is Cc1nccc(CNC(=O)N[C@@H](c2ncc(C)s2)C2CC2)n1. The van der Waals surface area contributed by atoms with Crippen molar-refractivity contribution in [2.75, 3.05) is 0 Å². The minimum absolute atomic E-state index is 0.0193. The van der Waals surface area contributed by atoms with Gasteiger partial charge in [0.25, 0.3) is 0 Å². The normalized spacial score (nSPS) is 15.4. The van der Waals surface area contributed by atoms with E-state index in [1.165, 1.54) is 4.88 Å². The Morgan fingerprint density at radius 2 is 2.23 bits per heavy atom. The van der Waals surface area contributed by atoms with Crippen LogP contribution in [0.2, 0.25) is 0 Å². The molecule has 0 bridgehead atoms. The maximum Gasteiger partial charge on any atom is 0.315 e. The highest BCUT2D eigenvalue weighted by Gasteiger charge is 2.35. The van der Waals surface area contributed by atoms with Crippen LogP contribution >= 0.6 is 11.3 Å². The lowest BCUT2D eigenvalue weighted by molar-refractivity contribution is 0.235. The number of urea groups is 1. The van der Waals surface area contributed by atoms with Crippen molar-refractivity contribution in [1.29, 1.82) is 0 Å². The Balaban J connectivity index is 1.57. The number of amides is 2. The molecule has 1 aliphatic carbocycles. The van der Waals surface area contributed by atoms with Gasteiger partial charge in [-0.2, -0.15) is 0 Å². The lowest BCUT2D eigenvalue weighted by atomic mass is 10.2. The van der Waals surface area contributed by atoms with Crippen molar-refractivity contribution in [3.05, 3.63) is 39.9 Å². The Hall–Kier alpha value is -2.02. The molecule has 1 saturated carbocycles. The Bertz CT molecular complexity index is 667. The van der Waals surface area contributed by atoms with Crippen molar-refractivity contribution >= 4 is 17.4 Å². The van der Waals surface area contributed by atoms with Crippen molar-refractivity contribution < 1.29 is 4.79 Å². The quantitative estimate of drug-likeness (QED) is 0.888. The molecule has 3 rings (SSSR count). The first-order valence-corrected chi connectivity index (χ1v) is 8.18. The van der Waals surface area contributed by atoms with E-state index in [0.29, 0.717) is 18.3 Å². The molecule has 116 valence electrons. The van der Waals surface area contributed by atoms with Crippen LogP contribution < -0.4 is 10.6 Å². The van der Waals surface area contributed by atoms with Crippen LogP contribution in [0.25, 0.3) is 0 Å². The third-order valence-electron chi connectivity index (χ3n) is 3.55. The topological polar surface area (TPSA) is 79.8 Å². The second-order valence-corrected chi connectivity index (χ2v) is 6.81. The van der Waals surface area contributed by atoms with Gasteiger partial charge < -0.3 is 10.6 Å². The van der Waals surface area contributed by atoms with Crippen LogP contribution in [-0.2, 0) is 6.54 Å². The summed E-state index contributed by atoms with van der Waals surface area (Å²) >= 11 is 1.65. The lowest BCUT2D eigenvalue weighted by Crippen LogP contribution is -2.38. The van der Waals surface area contributed by atoms with Gasteiger partial charge in [0.2, 0.25) is 0 Å². The average molecular weight is 317 g/mol. The van der Waals surface area contributed by atoms with Gasteiger partial charge in [-0.3, -0.25) is 0 Å². The summed E-state index contributed by atoms with van der Waals surface area (Å²) in [7, 11) is 0. The van der Waals surface area contributed by atoms with Crippen molar-refractivity contribution in [2.24, 2.45) is 5.92 Å². The van der Waals surface area contributed by atoms with Gasteiger partial charge >= 0.3 is 6.03 Å². The lowest BCUT2D eigenvalue weighted by Gasteiger charge is -2.16. The summed E-state index contributed by atoms with van der Waals surface area (Å²) in [4.78, 5) is 26.0. The monoisotopic (exact) mass is 317 g/mol. The number of thiazole rings is 1. The van der Waals surface area contributed by atoms with E-state index in [1.54, 1.807) is 23.6 Å². The highest BCUT2D eigenvalue weighted by Crippen LogP contribution is 2.41. The van der Waals surface area contributed by atoms with Gasteiger partial charge in [-0.05, 0) is 38.7 Å². The Morgan fingerprint density at radius 3 is 2.86 bits per heavy atom. The number of aromatic nitrogens is 3. The van der Waals surface area contributed by atoms with E-state index >= 15 is 0 Å². The third kappa shape index (κ3) is 3.79. The van der Waals surface area contributed by atoms with Gasteiger partial charge in [0.1, 0.15) is 10.8 Å². The third-order valence-corrected chi connectivity index (χ3v) is 4.54. The van der Waals surface area contributed by atoms with E-state index in [4.69, 9.17) is 0 Å². The van der Waals surface area contributed by atoms with Crippen molar-refractivity contribution in [1.82, 2.24) is 25.6 Å². The summed E-state index contributed by atoms with van der Waals surface area (Å²) in [5, 5.41) is 6.89. The molecule has 6 nitrogen and oxygen atoms in total. The van der Waals surface area contributed by atoms with Crippen LogP contribution in [0, 0.1) is 19.8 Å². The van der Waals surface area contributed by atoms with Crippen molar-refractivity contribution in [3.63, 3.8) is 0 Å². The molecule has 0 aliphatic heterocycles. The molecule has 0 spiro atoms. The number of rotatable bonds is 5. The van der Waals surface area contributed by atoms with E-state index < -0.39 is 0 Å². The maximum absolute atomic E-state index is 12.1. The molecular weight excluding hydrogens is 298 g/mol. The number of aryl methyl sites for hydroxylation is 2. The van der Waals surface area contributed by atoms with Crippen LogP contribution in [-0.4, -0.2) is 21.0 Å². The number of hydrogen-bond acceptors (Lipinski definition) is 5. The molecule has 2 N–H and O–H groups in total. The second kappa shape index (κ2) is 6.39. The van der Waals surface area contributed by atoms with Crippen LogP contribution in [0.5, 0.6) is 0 Å². The Morgan fingerprint density at radius 1 is 1.41 bits per heavy atom. The van der Waals surface area contributed by atoms with E-state index in [0.717, 1.165) is 23.5 Å². The van der Waals surface area contributed by atoms with Gasteiger partial charge in [-0.1, -0.05) is 0 Å². The molecule has 2 aromatic heterocycles. The zero-order chi connectivity index (χ0) is 15.5. The zero-order valence-electron chi connectivity index (χ0n) is 12.7. The van der Waals surface area contributed by atoms with Gasteiger partial charge in [-0.15, -0.1) is 11.3 Å². The number of hydrogen-bond donors (Lipinski definition) is 2. The summed E-state index contributed by atoms with van der Waals surface area (Å²) in [6, 6.07) is 1.64. The molecule has 1 aliphatic rings. The second-order valence-electron chi connectivity index (χ2n) is 5.55. The molecular formula is C15H19N5OS. The number of carbonyl (C=O) groups is 1. The highest BCUT2D eigenvalue weighted by atomic mass is 32.1. The minimum Gasteiger partial charge on any atom is -0.332 e. The smallest absolute Gasteiger partial charge is 0.315 e. The molecule has 1 fully saturated rings. The predicted molar refractivity (Wildman–Crippen MR) is 84.5 cm³/mol. The van der Waals surface area contributed by atoms with Crippen molar-refractivity contribution in [3.8, 4) is 0 Å². The molecule has 0 unspecified atom stereocenters. The van der Waals surface area contributed by atoms with E-state index in [1.807, 2.05) is 20.0 Å². The molecule has 7 heteroatoms. The first kappa shape index (κ1) is 14.9. The van der Waals surface area contributed by atoms with Gasteiger partial charge in [0.05, 0.1) is 18.3 Å². The summed E-state index contributed by atoms with van der Waals surface area (Å²) in [6.07, 6.45) is 5.85. The molecule has 2 aromatic rings. The number of nitrogens with one attached hydrogen (secondary N) is 2. The summed E-state index contributed by atoms with van der Waals surface area (Å²) in [5.41, 5.74) is 0.802. The van der Waals surface area contributed by atoms with Crippen LogP contribution in [0.1, 0.15) is 40.3 Å². The standard InChI is InChI=1S/C15H19N5OS/c1-9-7-17-14(22-9)13(11-3-4-11)20-15(21)18-8-12-5-6-16-10(2)19-12/h5-7,11,13H,3-4,8H2,1-2H3,(H2,18,20,21)/t13-/m1/s1. The summed E-state index contributed by atoms with van der Waals surface area (Å²) < 4.78 is 0. The molecule has 0 radical (unpaired) electrons. The highest BCUT2D eigenvalue weighted by molar-refractivity contribution is 7.11. The fraction of sp³-hybridized carbons (Fsp3) is 0.467. The molecule has 2 amide bonds. The maximum atomic E-state index is 12.1. The fourth-order valence-electron chi connectivity index (χ4n) is 2.29.